The predicted octanol–water partition coefficient (Wildman–Crippen LogP) is 2.90. The number of nitrogens with two attached hydrogens (primary N) is 1. The third-order valence-electron chi connectivity index (χ3n) is 4.47. The van der Waals surface area contributed by atoms with Crippen LogP contribution in [0.25, 0.3) is 0 Å². The highest BCUT2D eigenvalue weighted by Gasteiger charge is 2.20. The second-order valence-corrected chi connectivity index (χ2v) is 6.72. The van der Waals surface area contributed by atoms with Crippen LogP contribution in [0.15, 0.2) is 54.6 Å². The fraction of sp³-hybridized carbons (Fsp3) is 0.318. The minimum atomic E-state index is -0.462. The van der Waals surface area contributed by atoms with Crippen molar-refractivity contribution in [3.63, 3.8) is 0 Å². The van der Waals surface area contributed by atoms with E-state index >= 15 is 0 Å². The Kier molecular flexibility index (Phi) is 8.85. The van der Waals surface area contributed by atoms with Gasteiger partial charge in [-0.15, -0.1) is 0 Å². The molecule has 1 unspecified atom stereocenters. The Morgan fingerprint density at radius 1 is 1.03 bits per heavy atom. The average Bonchev–Trinajstić information content (AvgIpc) is 2.75. The summed E-state index contributed by atoms with van der Waals surface area (Å²) in [5.74, 6) is -0.714. The minimum Gasteiger partial charge on any atom is -0.399 e. The fourth-order valence-electron chi connectivity index (χ4n) is 2.66. The van der Waals surface area contributed by atoms with Gasteiger partial charge < -0.3 is 26.5 Å². The molecule has 0 saturated carbocycles. The van der Waals surface area contributed by atoms with Gasteiger partial charge >= 0.3 is 6.03 Å². The largest absolute Gasteiger partial charge is 0.399 e. The second-order valence-electron chi connectivity index (χ2n) is 6.72. The van der Waals surface area contributed by atoms with Crippen LogP contribution in [0, 0.1) is 11.3 Å². The monoisotopic (exact) mass is 396 g/mol. The zero-order valence-corrected chi connectivity index (χ0v) is 16.6. The van der Waals surface area contributed by atoms with Crippen molar-refractivity contribution >= 4 is 23.2 Å². The van der Waals surface area contributed by atoms with Gasteiger partial charge in [-0.25, -0.2) is 4.79 Å². The molecule has 1 atom stereocenters. The Morgan fingerprint density at radius 3 is 2.38 bits per heavy atom. The summed E-state index contributed by atoms with van der Waals surface area (Å²) in [5.41, 5.74) is 8.19. The first-order valence-corrected chi connectivity index (χ1v) is 9.59. The molecule has 5 N–H and O–H groups in total. The van der Waals surface area contributed by atoms with Crippen LogP contribution >= 0.6 is 0 Å². The molecule has 0 aromatic heterocycles. The van der Waals surface area contributed by atoms with Crippen molar-refractivity contribution in [2.24, 2.45) is 5.92 Å². The van der Waals surface area contributed by atoms with Crippen molar-refractivity contribution in [1.82, 2.24) is 10.6 Å². The molecule has 7 nitrogen and oxygen atoms in total. The highest BCUT2D eigenvalue weighted by Crippen LogP contribution is 2.09. The quantitative estimate of drug-likeness (QED) is 0.345. The van der Waals surface area contributed by atoms with E-state index in [4.69, 9.17) is 15.9 Å². The lowest BCUT2D eigenvalue weighted by molar-refractivity contribution is -0.112. The van der Waals surface area contributed by atoms with Crippen LogP contribution in [-0.4, -0.2) is 30.7 Å². The summed E-state index contributed by atoms with van der Waals surface area (Å²) in [5, 5.41) is 13.3. The molecular formula is C22H28N4O3. The van der Waals surface area contributed by atoms with Gasteiger partial charge in [0.15, 0.2) is 5.78 Å². The SMILES string of the molecule is CCC(COCc1ccccc1)C(=N)C(=O)CNC(=O)NCc1ccc(N)cc1. The number of nitrogen functional groups attached to an aromatic ring is 1. The van der Waals surface area contributed by atoms with Gasteiger partial charge in [0.2, 0.25) is 0 Å². The summed E-state index contributed by atoms with van der Waals surface area (Å²) in [6.07, 6.45) is 0.614. The number of carbonyl (C=O) groups excluding carboxylic acids is 2. The molecule has 0 heterocycles. The molecule has 154 valence electrons. The Morgan fingerprint density at radius 2 is 1.72 bits per heavy atom. The molecular weight excluding hydrogens is 368 g/mol. The van der Waals surface area contributed by atoms with Crippen molar-refractivity contribution < 1.29 is 14.3 Å². The van der Waals surface area contributed by atoms with Gasteiger partial charge in [-0.1, -0.05) is 49.4 Å². The highest BCUT2D eigenvalue weighted by atomic mass is 16.5. The molecule has 0 saturated heterocycles. The first-order valence-electron chi connectivity index (χ1n) is 9.59. The molecule has 0 aliphatic carbocycles. The van der Waals surface area contributed by atoms with Crippen LogP contribution in [0.4, 0.5) is 10.5 Å². The number of hydrogen-bond acceptors (Lipinski definition) is 5. The van der Waals surface area contributed by atoms with Crippen molar-refractivity contribution in [2.75, 3.05) is 18.9 Å². The molecule has 2 rings (SSSR count). The van der Waals surface area contributed by atoms with Gasteiger partial charge in [0, 0.05) is 18.2 Å². The molecule has 2 aromatic carbocycles. The molecule has 29 heavy (non-hydrogen) atoms. The number of ketones is 1. The summed E-state index contributed by atoms with van der Waals surface area (Å²) < 4.78 is 5.66. The Labute approximate surface area is 171 Å². The smallest absolute Gasteiger partial charge is 0.315 e. The summed E-state index contributed by atoms with van der Waals surface area (Å²) in [6, 6.07) is 16.4. The van der Waals surface area contributed by atoms with E-state index in [9.17, 15) is 9.59 Å². The van der Waals surface area contributed by atoms with Crippen LogP contribution < -0.4 is 16.4 Å². The van der Waals surface area contributed by atoms with Crippen molar-refractivity contribution in [3.8, 4) is 0 Å². The third-order valence-corrected chi connectivity index (χ3v) is 4.47. The van der Waals surface area contributed by atoms with Crippen LogP contribution in [0.5, 0.6) is 0 Å². The zero-order valence-electron chi connectivity index (χ0n) is 16.6. The summed E-state index contributed by atoms with van der Waals surface area (Å²) in [7, 11) is 0. The molecule has 2 amide bonds. The van der Waals surface area contributed by atoms with Crippen molar-refractivity contribution in [3.05, 3.63) is 65.7 Å². The van der Waals surface area contributed by atoms with E-state index in [0.29, 0.717) is 31.9 Å². The number of benzene rings is 2. The molecule has 0 aliphatic heterocycles. The van der Waals surface area contributed by atoms with Crippen LogP contribution in [0.1, 0.15) is 24.5 Å². The van der Waals surface area contributed by atoms with Gasteiger partial charge in [-0.3, -0.25) is 4.79 Å². The lowest BCUT2D eigenvalue weighted by Crippen LogP contribution is -2.41. The van der Waals surface area contributed by atoms with Crippen molar-refractivity contribution in [1.29, 1.82) is 5.41 Å². The van der Waals surface area contributed by atoms with Crippen molar-refractivity contribution in [2.45, 2.75) is 26.5 Å². The van der Waals surface area contributed by atoms with E-state index in [2.05, 4.69) is 10.6 Å². The average molecular weight is 396 g/mol. The molecule has 0 aliphatic rings. The van der Waals surface area contributed by atoms with E-state index in [1.165, 1.54) is 0 Å². The first-order chi connectivity index (χ1) is 14.0. The maximum absolute atomic E-state index is 12.3. The van der Waals surface area contributed by atoms with Gasteiger partial charge in [0.05, 0.1) is 25.5 Å². The number of carbonyl (C=O) groups is 2. The van der Waals surface area contributed by atoms with Gasteiger partial charge in [-0.05, 0) is 29.7 Å². The Balaban J connectivity index is 1.70. The number of nitrogens with one attached hydrogen (secondary N) is 3. The Hall–Kier alpha value is -3.19. The van der Waals surface area contributed by atoms with E-state index in [1.54, 1.807) is 12.1 Å². The number of rotatable bonds is 11. The first kappa shape index (κ1) is 22.1. The predicted molar refractivity (Wildman–Crippen MR) is 114 cm³/mol. The topological polar surface area (TPSA) is 117 Å². The number of anilines is 1. The maximum atomic E-state index is 12.3. The van der Waals surface area contributed by atoms with Crippen LogP contribution in [0.2, 0.25) is 0 Å². The van der Waals surface area contributed by atoms with Gasteiger partial charge in [0.25, 0.3) is 0 Å². The number of ether oxygens (including phenoxy) is 1. The molecule has 0 radical (unpaired) electrons. The van der Waals surface area contributed by atoms with Crippen LogP contribution in [-0.2, 0) is 22.7 Å². The second kappa shape index (κ2) is 11.6. The molecule has 0 bridgehead atoms. The van der Waals surface area contributed by atoms with Crippen LogP contribution in [0.3, 0.4) is 0 Å². The summed E-state index contributed by atoms with van der Waals surface area (Å²) in [6.45, 7) is 2.74. The van der Waals surface area contributed by atoms with E-state index < -0.39 is 11.8 Å². The number of urea groups is 1. The summed E-state index contributed by atoms with van der Waals surface area (Å²) in [4.78, 5) is 24.1. The molecule has 0 spiro atoms. The van der Waals surface area contributed by atoms with E-state index in [0.717, 1.165) is 11.1 Å². The van der Waals surface area contributed by atoms with E-state index in [-0.39, 0.29) is 18.2 Å². The minimum absolute atomic E-state index is 0.0283. The lowest BCUT2D eigenvalue weighted by Gasteiger charge is -2.16. The molecule has 0 fully saturated rings. The lowest BCUT2D eigenvalue weighted by atomic mass is 9.98. The zero-order chi connectivity index (χ0) is 21.1. The number of hydrogen-bond donors (Lipinski definition) is 4. The molecule has 7 heteroatoms. The third kappa shape index (κ3) is 7.75. The Bertz CT molecular complexity index is 807. The van der Waals surface area contributed by atoms with E-state index in [1.807, 2.05) is 49.4 Å². The normalized spacial score (nSPS) is 11.5. The molecule has 2 aromatic rings. The van der Waals surface area contributed by atoms with Gasteiger partial charge in [0.1, 0.15) is 0 Å². The number of Topliss-reactive ketones (excluding diaryl/α,β-unsaturated/α-hetero) is 1. The van der Waals surface area contributed by atoms with Gasteiger partial charge in [-0.2, -0.15) is 0 Å². The highest BCUT2D eigenvalue weighted by molar-refractivity contribution is 6.40. The standard InChI is InChI=1S/C22H28N4O3/c1-2-18(15-29-14-17-6-4-3-5-7-17)21(24)20(27)13-26-22(28)25-12-16-8-10-19(23)11-9-16/h3-11,18,24H,2,12-15,23H2,1H3,(H2,25,26,28). The fourth-order valence-corrected chi connectivity index (χ4v) is 2.66. The maximum Gasteiger partial charge on any atom is 0.315 e. The summed E-state index contributed by atoms with van der Waals surface area (Å²) >= 11 is 0. The number of amides is 2.